The van der Waals surface area contributed by atoms with E-state index in [0.717, 1.165) is 61.3 Å². The van der Waals surface area contributed by atoms with Gasteiger partial charge in [0.1, 0.15) is 11.5 Å². The molecule has 1 unspecified atom stereocenters. The number of quaternary nitrogens is 1. The first kappa shape index (κ1) is 20.2. The summed E-state index contributed by atoms with van der Waals surface area (Å²) in [6, 6.07) is 17.9. The number of hydrogen-bond acceptors (Lipinski definition) is 3. The molecule has 2 N–H and O–H groups in total. The van der Waals surface area contributed by atoms with Gasteiger partial charge in [-0.1, -0.05) is 54.6 Å². The van der Waals surface area contributed by atoms with Crippen molar-refractivity contribution < 1.29 is 14.5 Å². The van der Waals surface area contributed by atoms with Crippen molar-refractivity contribution in [2.75, 3.05) is 18.4 Å². The molecule has 2 aromatic carbocycles. The van der Waals surface area contributed by atoms with Crippen LogP contribution in [0.25, 0.3) is 0 Å². The van der Waals surface area contributed by atoms with Gasteiger partial charge in [0.05, 0.1) is 12.1 Å². The summed E-state index contributed by atoms with van der Waals surface area (Å²) >= 11 is 1.60. The van der Waals surface area contributed by atoms with Crippen LogP contribution in [0.1, 0.15) is 50.3 Å². The Morgan fingerprint density at radius 3 is 2.48 bits per heavy atom. The van der Waals surface area contributed by atoms with Gasteiger partial charge in [0.15, 0.2) is 12.3 Å². The fourth-order valence-electron chi connectivity index (χ4n) is 4.82. The van der Waals surface area contributed by atoms with Crippen molar-refractivity contribution in [2.45, 2.75) is 38.6 Å². The molecule has 0 bridgehead atoms. The van der Waals surface area contributed by atoms with Gasteiger partial charge in [-0.2, -0.15) is 0 Å². The van der Waals surface area contributed by atoms with Crippen molar-refractivity contribution in [1.82, 2.24) is 0 Å². The molecular formula is C26H27N2O2S+. The topological polar surface area (TPSA) is 50.6 Å². The maximum absolute atomic E-state index is 13.4. The number of aryl methyl sites for hydroxylation is 1. The molecule has 31 heavy (non-hydrogen) atoms. The van der Waals surface area contributed by atoms with Crippen LogP contribution in [0.3, 0.4) is 0 Å². The summed E-state index contributed by atoms with van der Waals surface area (Å²) in [5.74, 6) is 0.0182. The zero-order chi connectivity index (χ0) is 21.2. The Labute approximate surface area is 186 Å². The maximum Gasteiger partial charge on any atom is 0.280 e. The predicted octanol–water partition coefficient (Wildman–Crippen LogP) is 3.44. The number of fused-ring (bicyclic) bond motifs is 2. The number of benzene rings is 2. The molecule has 0 radical (unpaired) electrons. The molecule has 158 valence electrons. The van der Waals surface area contributed by atoms with Crippen LogP contribution < -0.4 is 10.2 Å². The van der Waals surface area contributed by atoms with Crippen molar-refractivity contribution in [3.05, 3.63) is 87.3 Å². The number of hydrogen-bond donors (Lipinski definition) is 2. The van der Waals surface area contributed by atoms with Crippen molar-refractivity contribution >= 4 is 28.0 Å². The molecule has 2 heterocycles. The molecule has 1 amide bonds. The van der Waals surface area contributed by atoms with Crippen LogP contribution in [0.15, 0.2) is 54.6 Å². The van der Waals surface area contributed by atoms with Crippen molar-refractivity contribution in [3.8, 4) is 0 Å². The number of ketones is 1. The first-order chi connectivity index (χ1) is 15.2. The SMILES string of the molecule is O=C(C[NH+]1CCc2ccccc2C1)Nc1sc2c(c1C(=O)c1ccccc1)CCCC2. The Morgan fingerprint density at radius 1 is 0.903 bits per heavy atom. The average molecular weight is 432 g/mol. The number of carbonyl (C=O) groups excluding carboxylic acids is 2. The summed E-state index contributed by atoms with van der Waals surface area (Å²) in [4.78, 5) is 28.9. The van der Waals surface area contributed by atoms with E-state index in [2.05, 4.69) is 29.6 Å². The van der Waals surface area contributed by atoms with Gasteiger partial charge in [0.2, 0.25) is 0 Å². The third-order valence-electron chi connectivity index (χ3n) is 6.40. The highest BCUT2D eigenvalue weighted by atomic mass is 32.1. The minimum absolute atomic E-state index is 0.00455. The number of anilines is 1. The highest BCUT2D eigenvalue weighted by Crippen LogP contribution is 2.39. The molecule has 5 rings (SSSR count). The number of carbonyl (C=O) groups is 2. The van der Waals surface area contributed by atoms with E-state index in [-0.39, 0.29) is 11.7 Å². The molecule has 1 aliphatic carbocycles. The van der Waals surface area contributed by atoms with Crippen LogP contribution in [0.4, 0.5) is 5.00 Å². The zero-order valence-electron chi connectivity index (χ0n) is 17.6. The van der Waals surface area contributed by atoms with Gasteiger partial charge in [0, 0.05) is 22.4 Å². The standard InChI is InChI=1S/C26H26N2O2S/c29-23(17-28-15-14-18-8-4-5-11-20(18)16-28)27-26-24(21-12-6-7-13-22(21)31-26)25(30)19-9-2-1-3-10-19/h1-5,8-11H,6-7,12-17H2,(H,27,29)/p+1. The van der Waals surface area contributed by atoms with E-state index in [1.54, 1.807) is 11.3 Å². The molecule has 1 aliphatic heterocycles. The third-order valence-corrected chi connectivity index (χ3v) is 7.61. The van der Waals surface area contributed by atoms with Gasteiger partial charge in [-0.15, -0.1) is 11.3 Å². The van der Waals surface area contributed by atoms with E-state index in [9.17, 15) is 9.59 Å². The molecule has 0 spiro atoms. The molecule has 1 atom stereocenters. The summed E-state index contributed by atoms with van der Waals surface area (Å²) in [6.45, 7) is 2.26. The highest BCUT2D eigenvalue weighted by Gasteiger charge is 2.28. The van der Waals surface area contributed by atoms with Crippen LogP contribution in [-0.4, -0.2) is 24.8 Å². The molecule has 0 saturated heterocycles. The molecular weight excluding hydrogens is 404 g/mol. The summed E-state index contributed by atoms with van der Waals surface area (Å²) in [6.07, 6.45) is 5.17. The summed E-state index contributed by atoms with van der Waals surface area (Å²) in [7, 11) is 0. The monoisotopic (exact) mass is 431 g/mol. The predicted molar refractivity (Wildman–Crippen MR) is 124 cm³/mol. The van der Waals surface area contributed by atoms with Gasteiger partial charge < -0.3 is 10.2 Å². The van der Waals surface area contributed by atoms with Gasteiger partial charge in [-0.3, -0.25) is 9.59 Å². The lowest BCUT2D eigenvalue weighted by Crippen LogP contribution is -3.12. The highest BCUT2D eigenvalue weighted by molar-refractivity contribution is 7.17. The second-order valence-electron chi connectivity index (χ2n) is 8.53. The fourth-order valence-corrected chi connectivity index (χ4v) is 6.12. The maximum atomic E-state index is 13.4. The van der Waals surface area contributed by atoms with Crippen LogP contribution in [-0.2, 0) is 30.6 Å². The Kier molecular flexibility index (Phi) is 5.70. The largest absolute Gasteiger partial charge is 0.323 e. The smallest absolute Gasteiger partial charge is 0.280 e. The minimum Gasteiger partial charge on any atom is -0.323 e. The van der Waals surface area contributed by atoms with E-state index < -0.39 is 0 Å². The Morgan fingerprint density at radius 2 is 1.65 bits per heavy atom. The number of amides is 1. The first-order valence-electron chi connectivity index (χ1n) is 11.1. The van der Waals surface area contributed by atoms with Crippen molar-refractivity contribution in [3.63, 3.8) is 0 Å². The molecule has 2 aliphatic rings. The van der Waals surface area contributed by atoms with Gasteiger partial charge >= 0.3 is 0 Å². The fraction of sp³-hybridized carbons (Fsp3) is 0.308. The van der Waals surface area contributed by atoms with E-state index in [1.165, 1.54) is 20.9 Å². The van der Waals surface area contributed by atoms with Gasteiger partial charge in [-0.25, -0.2) is 0 Å². The molecule has 4 nitrogen and oxygen atoms in total. The zero-order valence-corrected chi connectivity index (χ0v) is 18.4. The first-order valence-corrected chi connectivity index (χ1v) is 11.9. The quantitative estimate of drug-likeness (QED) is 0.608. The molecule has 0 fully saturated rings. The van der Waals surface area contributed by atoms with Crippen molar-refractivity contribution in [2.24, 2.45) is 0 Å². The third kappa shape index (κ3) is 4.21. The van der Waals surface area contributed by atoms with E-state index in [4.69, 9.17) is 0 Å². The molecule has 1 aromatic heterocycles. The van der Waals surface area contributed by atoms with Crippen LogP contribution in [0.5, 0.6) is 0 Å². The number of rotatable bonds is 5. The summed E-state index contributed by atoms with van der Waals surface area (Å²) in [5.41, 5.74) is 5.29. The lowest BCUT2D eigenvalue weighted by molar-refractivity contribution is -0.907. The number of nitrogens with one attached hydrogen (secondary N) is 2. The molecule has 0 saturated carbocycles. The Hall–Kier alpha value is -2.76. The average Bonchev–Trinajstić information content (AvgIpc) is 3.16. The second-order valence-corrected chi connectivity index (χ2v) is 9.64. The van der Waals surface area contributed by atoms with Crippen LogP contribution >= 0.6 is 11.3 Å². The van der Waals surface area contributed by atoms with E-state index >= 15 is 0 Å². The minimum atomic E-state index is -0.00455. The Bertz CT molecular complexity index is 1120. The summed E-state index contributed by atoms with van der Waals surface area (Å²) in [5, 5.41) is 3.87. The van der Waals surface area contributed by atoms with Crippen LogP contribution in [0, 0.1) is 0 Å². The van der Waals surface area contributed by atoms with E-state index in [0.29, 0.717) is 12.1 Å². The number of thiophene rings is 1. The summed E-state index contributed by atoms with van der Waals surface area (Å²) < 4.78 is 0. The van der Waals surface area contributed by atoms with Gasteiger partial charge in [-0.05, 0) is 36.8 Å². The normalized spacial score (nSPS) is 17.5. The molecule has 5 heteroatoms. The lowest BCUT2D eigenvalue weighted by atomic mass is 9.92. The van der Waals surface area contributed by atoms with E-state index in [1.807, 2.05) is 30.3 Å². The second kappa shape index (κ2) is 8.77. The van der Waals surface area contributed by atoms with Crippen LogP contribution in [0.2, 0.25) is 0 Å². The lowest BCUT2D eigenvalue weighted by Gasteiger charge is -2.25. The Balaban J connectivity index is 1.36. The van der Waals surface area contributed by atoms with Gasteiger partial charge in [0.25, 0.3) is 5.91 Å². The van der Waals surface area contributed by atoms with Crippen molar-refractivity contribution in [1.29, 1.82) is 0 Å². The molecule has 3 aromatic rings.